The van der Waals surface area contributed by atoms with Crippen molar-refractivity contribution in [1.82, 2.24) is 4.90 Å². The zero-order valence-corrected chi connectivity index (χ0v) is 13.2. The number of hydrogen-bond acceptors (Lipinski definition) is 4. The van der Waals surface area contributed by atoms with Gasteiger partial charge in [-0.3, -0.25) is 9.59 Å². The quantitative estimate of drug-likeness (QED) is 0.873. The summed E-state index contributed by atoms with van der Waals surface area (Å²) in [6.07, 6.45) is -0.0781. The van der Waals surface area contributed by atoms with Crippen molar-refractivity contribution >= 4 is 27.8 Å². The maximum Gasteiger partial charge on any atom is 0.305 e. The van der Waals surface area contributed by atoms with Gasteiger partial charge < -0.3 is 19.5 Å². The molecule has 1 aliphatic rings. The Morgan fingerprint density at radius 3 is 2.71 bits per heavy atom. The van der Waals surface area contributed by atoms with Crippen LogP contribution in [0.1, 0.15) is 23.7 Å². The molecular weight excluding hydrogens is 342 g/mol. The van der Waals surface area contributed by atoms with Crippen molar-refractivity contribution in [3.05, 3.63) is 22.2 Å². The van der Waals surface area contributed by atoms with Gasteiger partial charge in [0.15, 0.2) is 11.5 Å². The van der Waals surface area contributed by atoms with Gasteiger partial charge in [0.1, 0.15) is 13.2 Å². The molecule has 1 N–H and O–H groups in total. The molecule has 7 heteroatoms. The van der Waals surface area contributed by atoms with E-state index in [1.807, 2.05) is 6.92 Å². The van der Waals surface area contributed by atoms with Crippen molar-refractivity contribution in [2.45, 2.75) is 13.3 Å². The normalized spacial score (nSPS) is 12.9. The summed E-state index contributed by atoms with van der Waals surface area (Å²) >= 11 is 3.36. The first-order valence-electron chi connectivity index (χ1n) is 6.63. The van der Waals surface area contributed by atoms with Crippen molar-refractivity contribution < 1.29 is 24.2 Å². The number of halogens is 1. The number of carbonyl (C=O) groups excluding carboxylic acids is 1. The molecule has 0 unspecified atom stereocenters. The minimum absolute atomic E-state index is 0.0781. The van der Waals surface area contributed by atoms with Gasteiger partial charge in [0, 0.05) is 18.7 Å². The first kappa shape index (κ1) is 15.6. The van der Waals surface area contributed by atoms with E-state index < -0.39 is 5.97 Å². The van der Waals surface area contributed by atoms with Gasteiger partial charge >= 0.3 is 5.97 Å². The molecule has 114 valence electrons. The Bertz CT molecular complexity index is 561. The molecule has 0 radical (unpaired) electrons. The molecule has 0 saturated heterocycles. The number of carbonyl (C=O) groups is 2. The number of hydrogen-bond donors (Lipinski definition) is 1. The summed E-state index contributed by atoms with van der Waals surface area (Å²) in [5, 5.41) is 8.73. The van der Waals surface area contributed by atoms with Crippen molar-refractivity contribution in [3.63, 3.8) is 0 Å². The molecule has 1 aromatic rings. The lowest BCUT2D eigenvalue weighted by atomic mass is 10.1. The van der Waals surface area contributed by atoms with Crippen molar-refractivity contribution in [3.8, 4) is 11.5 Å². The number of carboxylic acids is 1. The topological polar surface area (TPSA) is 76.1 Å². The van der Waals surface area contributed by atoms with Crippen LogP contribution in [0.4, 0.5) is 0 Å². The summed E-state index contributed by atoms with van der Waals surface area (Å²) < 4.78 is 11.6. The molecule has 1 amide bonds. The molecule has 0 bridgehead atoms. The lowest BCUT2D eigenvalue weighted by Crippen LogP contribution is -2.33. The first-order chi connectivity index (χ1) is 10.0. The van der Waals surface area contributed by atoms with Crippen LogP contribution in [0.2, 0.25) is 0 Å². The molecule has 0 saturated carbocycles. The maximum absolute atomic E-state index is 12.4. The highest BCUT2D eigenvalue weighted by Crippen LogP contribution is 2.38. The molecule has 0 atom stereocenters. The number of rotatable bonds is 5. The number of benzene rings is 1. The predicted molar refractivity (Wildman–Crippen MR) is 79.0 cm³/mol. The van der Waals surface area contributed by atoms with E-state index in [4.69, 9.17) is 14.6 Å². The Balaban J connectivity index is 2.21. The van der Waals surface area contributed by atoms with E-state index in [0.717, 1.165) is 0 Å². The van der Waals surface area contributed by atoms with Crippen LogP contribution in [0.25, 0.3) is 0 Å². The number of ether oxygens (including phenoxy) is 2. The van der Waals surface area contributed by atoms with E-state index in [2.05, 4.69) is 15.9 Å². The van der Waals surface area contributed by atoms with E-state index in [9.17, 15) is 9.59 Å². The third-order valence-electron chi connectivity index (χ3n) is 3.11. The highest BCUT2D eigenvalue weighted by atomic mass is 79.9. The molecule has 2 rings (SSSR count). The minimum atomic E-state index is -0.926. The second-order valence-corrected chi connectivity index (χ2v) is 5.37. The van der Waals surface area contributed by atoms with Gasteiger partial charge in [-0.1, -0.05) is 0 Å². The number of aliphatic carboxylic acids is 1. The van der Waals surface area contributed by atoms with E-state index in [0.29, 0.717) is 41.3 Å². The predicted octanol–water partition coefficient (Wildman–Crippen LogP) is 2.16. The van der Waals surface area contributed by atoms with Gasteiger partial charge in [-0.15, -0.1) is 0 Å². The summed E-state index contributed by atoms with van der Waals surface area (Å²) in [7, 11) is 0. The average molecular weight is 358 g/mol. The van der Waals surface area contributed by atoms with Crippen LogP contribution in [-0.4, -0.2) is 48.2 Å². The standard InChI is InChI=1S/C14H16BrNO5/c1-2-16(4-3-12(17)18)14(19)9-7-10(15)13-11(8-9)20-5-6-21-13/h7-8H,2-6H2,1H3,(H,17,18). The SMILES string of the molecule is CCN(CCC(=O)O)C(=O)c1cc(Br)c2c(c1)OCCO2. The molecule has 1 heterocycles. The average Bonchev–Trinajstić information content (AvgIpc) is 2.47. The van der Waals surface area contributed by atoms with Crippen molar-refractivity contribution in [2.75, 3.05) is 26.3 Å². The molecular formula is C14H16BrNO5. The Labute approximate surface area is 130 Å². The second kappa shape index (κ2) is 6.80. The van der Waals surface area contributed by atoms with Gasteiger partial charge in [-0.25, -0.2) is 0 Å². The molecule has 21 heavy (non-hydrogen) atoms. The van der Waals surface area contributed by atoms with Crippen LogP contribution in [-0.2, 0) is 4.79 Å². The summed E-state index contributed by atoms with van der Waals surface area (Å²) in [4.78, 5) is 24.6. The Morgan fingerprint density at radius 1 is 1.33 bits per heavy atom. The van der Waals surface area contributed by atoms with Crippen molar-refractivity contribution in [1.29, 1.82) is 0 Å². The summed E-state index contributed by atoms with van der Waals surface area (Å²) in [6, 6.07) is 3.30. The van der Waals surface area contributed by atoms with Gasteiger partial charge in [0.05, 0.1) is 10.9 Å². The zero-order valence-electron chi connectivity index (χ0n) is 11.6. The number of nitrogens with zero attached hydrogens (tertiary/aromatic N) is 1. The summed E-state index contributed by atoms with van der Waals surface area (Å²) in [6.45, 7) is 3.34. The van der Waals surface area contributed by atoms with Crippen LogP contribution in [0, 0.1) is 0 Å². The second-order valence-electron chi connectivity index (χ2n) is 4.51. The highest BCUT2D eigenvalue weighted by molar-refractivity contribution is 9.10. The van der Waals surface area contributed by atoms with Crippen LogP contribution in [0.15, 0.2) is 16.6 Å². The largest absolute Gasteiger partial charge is 0.486 e. The summed E-state index contributed by atoms with van der Waals surface area (Å²) in [5.74, 6) is -0.0410. The first-order valence-corrected chi connectivity index (χ1v) is 7.42. The number of carboxylic acid groups (broad SMARTS) is 1. The van der Waals surface area contributed by atoms with Gasteiger partial charge in [-0.05, 0) is 35.0 Å². The third-order valence-corrected chi connectivity index (χ3v) is 3.70. The molecule has 1 aliphatic heterocycles. The van der Waals surface area contributed by atoms with Gasteiger partial charge in [-0.2, -0.15) is 0 Å². The van der Waals surface area contributed by atoms with Crippen LogP contribution in [0.3, 0.4) is 0 Å². The van der Waals surface area contributed by atoms with E-state index in [1.165, 1.54) is 4.90 Å². The van der Waals surface area contributed by atoms with Gasteiger partial charge in [0.25, 0.3) is 5.91 Å². The molecule has 6 nitrogen and oxygen atoms in total. The number of amides is 1. The molecule has 0 fully saturated rings. The fourth-order valence-corrected chi connectivity index (χ4v) is 2.61. The molecule has 0 aliphatic carbocycles. The fraction of sp³-hybridized carbons (Fsp3) is 0.429. The Morgan fingerprint density at radius 2 is 2.05 bits per heavy atom. The van der Waals surface area contributed by atoms with E-state index in [-0.39, 0.29) is 18.9 Å². The van der Waals surface area contributed by atoms with Gasteiger partial charge in [0.2, 0.25) is 0 Å². The zero-order chi connectivity index (χ0) is 15.4. The highest BCUT2D eigenvalue weighted by Gasteiger charge is 2.21. The van der Waals surface area contributed by atoms with Crippen molar-refractivity contribution in [2.24, 2.45) is 0 Å². The van der Waals surface area contributed by atoms with Crippen LogP contribution in [0.5, 0.6) is 11.5 Å². The lowest BCUT2D eigenvalue weighted by Gasteiger charge is -2.23. The Kier molecular flexibility index (Phi) is 5.06. The molecule has 0 spiro atoms. The van der Waals surface area contributed by atoms with E-state index >= 15 is 0 Å². The van der Waals surface area contributed by atoms with Crippen LogP contribution >= 0.6 is 15.9 Å². The third kappa shape index (κ3) is 3.66. The minimum Gasteiger partial charge on any atom is -0.486 e. The smallest absolute Gasteiger partial charge is 0.305 e. The lowest BCUT2D eigenvalue weighted by molar-refractivity contribution is -0.137. The van der Waals surface area contributed by atoms with E-state index in [1.54, 1.807) is 12.1 Å². The van der Waals surface area contributed by atoms with Crippen LogP contribution < -0.4 is 9.47 Å². The molecule has 1 aromatic carbocycles. The fourth-order valence-electron chi connectivity index (χ4n) is 2.05. The summed E-state index contributed by atoms with van der Waals surface area (Å²) in [5.41, 5.74) is 0.443. The monoisotopic (exact) mass is 357 g/mol. The Hall–Kier alpha value is -1.76. The maximum atomic E-state index is 12.4. The molecule has 0 aromatic heterocycles. The number of fused-ring (bicyclic) bond motifs is 1.